The molecule has 1 nitrogen and oxygen atoms in total. The summed E-state index contributed by atoms with van der Waals surface area (Å²) in [5, 5.41) is 0. The first-order chi connectivity index (χ1) is 4.35. The Labute approximate surface area is 62.2 Å². The van der Waals surface area contributed by atoms with E-state index in [1.54, 1.807) is 0 Å². The molecule has 54 valence electrons. The van der Waals surface area contributed by atoms with Crippen LogP contribution in [0.15, 0.2) is 0 Å². The molecule has 0 aliphatic rings. The SMILES string of the molecule is CCCC(CS)CC=O. The van der Waals surface area contributed by atoms with Gasteiger partial charge in [-0.3, -0.25) is 0 Å². The third kappa shape index (κ3) is 4.52. The smallest absolute Gasteiger partial charge is 0.120 e. The molecule has 0 N–H and O–H groups in total. The molecule has 0 spiro atoms. The fourth-order valence-electron chi connectivity index (χ4n) is 0.828. The summed E-state index contributed by atoms with van der Waals surface area (Å²) in [6, 6.07) is 0. The molecule has 1 atom stereocenters. The first-order valence-electron chi connectivity index (χ1n) is 3.39. The Balaban J connectivity index is 3.28. The molecule has 0 bridgehead atoms. The maximum Gasteiger partial charge on any atom is 0.120 e. The van der Waals surface area contributed by atoms with Crippen molar-refractivity contribution in [3.05, 3.63) is 0 Å². The van der Waals surface area contributed by atoms with Crippen molar-refractivity contribution in [2.75, 3.05) is 5.75 Å². The maximum absolute atomic E-state index is 10.0. The monoisotopic (exact) mass is 146 g/mol. The van der Waals surface area contributed by atoms with Gasteiger partial charge in [0.15, 0.2) is 0 Å². The maximum atomic E-state index is 10.0. The molecule has 9 heavy (non-hydrogen) atoms. The number of hydrogen-bond acceptors (Lipinski definition) is 2. The minimum absolute atomic E-state index is 0.510. The predicted molar refractivity (Wildman–Crippen MR) is 42.9 cm³/mol. The van der Waals surface area contributed by atoms with Gasteiger partial charge in [0.1, 0.15) is 6.29 Å². The van der Waals surface area contributed by atoms with Crippen LogP contribution in [0.25, 0.3) is 0 Å². The van der Waals surface area contributed by atoms with Gasteiger partial charge in [-0.25, -0.2) is 0 Å². The van der Waals surface area contributed by atoms with Crippen molar-refractivity contribution in [1.82, 2.24) is 0 Å². The van der Waals surface area contributed by atoms with Crippen LogP contribution >= 0.6 is 12.6 Å². The molecule has 0 aliphatic carbocycles. The minimum atomic E-state index is 0.510. The van der Waals surface area contributed by atoms with Crippen LogP contribution in [0.1, 0.15) is 26.2 Å². The fourth-order valence-corrected chi connectivity index (χ4v) is 1.16. The predicted octanol–water partition coefficient (Wildman–Crippen LogP) is 1.92. The van der Waals surface area contributed by atoms with E-state index in [1.165, 1.54) is 0 Å². The second-order valence-electron chi connectivity index (χ2n) is 2.24. The lowest BCUT2D eigenvalue weighted by Gasteiger charge is -2.06. The summed E-state index contributed by atoms with van der Waals surface area (Å²) in [5.74, 6) is 1.35. The van der Waals surface area contributed by atoms with Crippen molar-refractivity contribution in [3.8, 4) is 0 Å². The standard InChI is InChI=1S/C7H14OS/c1-2-3-7(6-9)4-5-8/h5,7,9H,2-4,6H2,1H3. The fraction of sp³-hybridized carbons (Fsp3) is 0.857. The van der Waals surface area contributed by atoms with E-state index < -0.39 is 0 Å². The summed E-state index contributed by atoms with van der Waals surface area (Å²) < 4.78 is 0. The Bertz CT molecular complexity index is 73.3. The number of carbonyl (C=O) groups is 1. The molecule has 0 saturated heterocycles. The Kier molecular flexibility index (Phi) is 6.16. The van der Waals surface area contributed by atoms with E-state index in [4.69, 9.17) is 0 Å². The highest BCUT2D eigenvalue weighted by Crippen LogP contribution is 2.10. The normalized spacial score (nSPS) is 13.1. The molecule has 1 unspecified atom stereocenters. The van der Waals surface area contributed by atoms with Crippen LogP contribution in [0.4, 0.5) is 0 Å². The number of hydrogen-bond donors (Lipinski definition) is 1. The van der Waals surface area contributed by atoms with Crippen molar-refractivity contribution in [2.45, 2.75) is 26.2 Å². The lowest BCUT2D eigenvalue weighted by Crippen LogP contribution is -2.01. The van der Waals surface area contributed by atoms with E-state index in [9.17, 15) is 4.79 Å². The van der Waals surface area contributed by atoms with Gasteiger partial charge in [0.2, 0.25) is 0 Å². The third-order valence-electron chi connectivity index (χ3n) is 1.38. The Morgan fingerprint density at radius 2 is 2.33 bits per heavy atom. The summed E-state index contributed by atoms with van der Waals surface area (Å²) in [6.45, 7) is 2.13. The van der Waals surface area contributed by atoms with Crippen molar-refractivity contribution < 1.29 is 4.79 Å². The molecule has 0 aromatic carbocycles. The van der Waals surface area contributed by atoms with Gasteiger partial charge in [0.05, 0.1) is 0 Å². The lowest BCUT2D eigenvalue weighted by atomic mass is 10.0. The molecule has 2 heteroatoms. The van der Waals surface area contributed by atoms with Gasteiger partial charge >= 0.3 is 0 Å². The zero-order valence-electron chi connectivity index (χ0n) is 5.84. The second kappa shape index (κ2) is 6.14. The van der Waals surface area contributed by atoms with E-state index >= 15 is 0 Å². The highest BCUT2D eigenvalue weighted by Gasteiger charge is 2.02. The summed E-state index contributed by atoms with van der Waals surface area (Å²) in [4.78, 5) is 10.0. The molecular formula is C7H14OS. The van der Waals surface area contributed by atoms with E-state index in [0.717, 1.165) is 24.9 Å². The zero-order chi connectivity index (χ0) is 7.11. The van der Waals surface area contributed by atoms with Gasteiger partial charge in [0.25, 0.3) is 0 Å². The molecule has 0 saturated carbocycles. The molecule has 0 rings (SSSR count). The summed E-state index contributed by atoms with van der Waals surface area (Å²) in [6.07, 6.45) is 3.94. The summed E-state index contributed by atoms with van der Waals surface area (Å²) in [7, 11) is 0. The molecule has 0 heterocycles. The minimum Gasteiger partial charge on any atom is -0.303 e. The van der Waals surface area contributed by atoms with Gasteiger partial charge < -0.3 is 4.79 Å². The molecule has 0 radical (unpaired) electrons. The molecular weight excluding hydrogens is 132 g/mol. The van der Waals surface area contributed by atoms with Crippen LogP contribution in [0.3, 0.4) is 0 Å². The van der Waals surface area contributed by atoms with Gasteiger partial charge in [-0.15, -0.1) is 0 Å². The summed E-state index contributed by atoms with van der Waals surface area (Å²) in [5.41, 5.74) is 0. The molecule has 0 aromatic rings. The largest absolute Gasteiger partial charge is 0.303 e. The lowest BCUT2D eigenvalue weighted by molar-refractivity contribution is -0.108. The summed E-state index contributed by atoms with van der Waals surface area (Å²) >= 11 is 4.12. The van der Waals surface area contributed by atoms with Crippen LogP contribution in [-0.4, -0.2) is 12.0 Å². The van der Waals surface area contributed by atoms with Crippen LogP contribution in [0.5, 0.6) is 0 Å². The van der Waals surface area contributed by atoms with Gasteiger partial charge in [0, 0.05) is 6.42 Å². The zero-order valence-corrected chi connectivity index (χ0v) is 6.73. The van der Waals surface area contributed by atoms with Gasteiger partial charge in [-0.1, -0.05) is 13.3 Å². The highest BCUT2D eigenvalue weighted by atomic mass is 32.1. The number of carbonyl (C=O) groups excluding carboxylic acids is 1. The number of thiol groups is 1. The number of rotatable bonds is 5. The van der Waals surface area contributed by atoms with E-state index in [2.05, 4.69) is 19.6 Å². The first-order valence-corrected chi connectivity index (χ1v) is 4.02. The highest BCUT2D eigenvalue weighted by molar-refractivity contribution is 7.80. The topological polar surface area (TPSA) is 17.1 Å². The third-order valence-corrected chi connectivity index (χ3v) is 1.90. The molecule has 0 aromatic heterocycles. The first kappa shape index (κ1) is 9.02. The average Bonchev–Trinajstić information content (AvgIpc) is 1.88. The molecule has 0 amide bonds. The van der Waals surface area contributed by atoms with E-state index in [0.29, 0.717) is 12.3 Å². The molecule has 0 aliphatic heterocycles. The van der Waals surface area contributed by atoms with E-state index in [1.807, 2.05) is 0 Å². The Hall–Kier alpha value is 0.0200. The van der Waals surface area contributed by atoms with Crippen LogP contribution in [0.2, 0.25) is 0 Å². The van der Waals surface area contributed by atoms with Gasteiger partial charge in [-0.2, -0.15) is 12.6 Å². The molecule has 0 fully saturated rings. The van der Waals surface area contributed by atoms with Crippen molar-refractivity contribution in [1.29, 1.82) is 0 Å². The van der Waals surface area contributed by atoms with Crippen molar-refractivity contribution in [2.24, 2.45) is 5.92 Å². The quantitative estimate of drug-likeness (QED) is 0.463. The van der Waals surface area contributed by atoms with Crippen LogP contribution < -0.4 is 0 Å². The van der Waals surface area contributed by atoms with Crippen LogP contribution in [-0.2, 0) is 4.79 Å². The second-order valence-corrected chi connectivity index (χ2v) is 2.60. The van der Waals surface area contributed by atoms with Crippen molar-refractivity contribution in [3.63, 3.8) is 0 Å². The van der Waals surface area contributed by atoms with Crippen LogP contribution in [0, 0.1) is 5.92 Å². The Morgan fingerprint density at radius 3 is 2.67 bits per heavy atom. The Morgan fingerprint density at radius 1 is 1.67 bits per heavy atom. The van der Waals surface area contributed by atoms with Gasteiger partial charge in [-0.05, 0) is 18.1 Å². The van der Waals surface area contributed by atoms with E-state index in [-0.39, 0.29) is 0 Å². The van der Waals surface area contributed by atoms with Crippen molar-refractivity contribution >= 4 is 18.9 Å². The number of aldehydes is 1. The average molecular weight is 146 g/mol.